The molecule has 0 atom stereocenters. The molecule has 32 heavy (non-hydrogen) atoms. The summed E-state index contributed by atoms with van der Waals surface area (Å²) in [5.41, 5.74) is 8.41. The van der Waals surface area contributed by atoms with Crippen molar-refractivity contribution in [3.05, 3.63) is 84.9 Å². The van der Waals surface area contributed by atoms with Gasteiger partial charge in [-0.15, -0.1) is 0 Å². The molecule has 0 saturated heterocycles. The molecule has 8 nitrogen and oxygen atoms in total. The fraction of sp³-hybridized carbons (Fsp3) is 0.0435. The third-order valence-electron chi connectivity index (χ3n) is 4.79. The number of hydrogen-bond acceptors (Lipinski definition) is 5. The zero-order chi connectivity index (χ0) is 22.7. The second kappa shape index (κ2) is 8.56. The van der Waals surface area contributed by atoms with Crippen LogP contribution in [0.4, 0.5) is 10.5 Å². The normalized spacial score (nSPS) is 11.2. The van der Waals surface area contributed by atoms with Gasteiger partial charge in [-0.1, -0.05) is 30.3 Å². The molecule has 0 aliphatic heterocycles. The number of methoxy groups -OCH3 is 1. The Bertz CT molecular complexity index is 1350. The van der Waals surface area contributed by atoms with Gasteiger partial charge in [0.05, 0.1) is 23.4 Å². The maximum absolute atomic E-state index is 12.5. The molecule has 0 unspecified atom stereocenters. The first-order valence-electron chi connectivity index (χ1n) is 9.60. The van der Waals surface area contributed by atoms with Crippen molar-refractivity contribution in [3.63, 3.8) is 0 Å². The number of carbonyl (C=O) groups excluding carboxylic acids is 1. The van der Waals surface area contributed by atoms with E-state index in [4.69, 9.17) is 10.5 Å². The predicted octanol–water partition coefficient (Wildman–Crippen LogP) is 3.95. The van der Waals surface area contributed by atoms with Gasteiger partial charge >= 0.3 is 6.03 Å². The van der Waals surface area contributed by atoms with E-state index in [1.165, 1.54) is 12.1 Å². The van der Waals surface area contributed by atoms with Crippen LogP contribution < -0.4 is 15.2 Å². The Labute approximate surface area is 185 Å². The lowest BCUT2D eigenvalue weighted by molar-refractivity contribution is 0.248. The quantitative estimate of drug-likeness (QED) is 0.463. The highest BCUT2D eigenvalue weighted by molar-refractivity contribution is 7.92. The SMILES string of the molecule is COc1ccc(-c2cc(-c3ccc(NS(=O)(=O)c4ccccc4)cc3)nn2C(N)=O)cc1. The van der Waals surface area contributed by atoms with Crippen LogP contribution in [-0.4, -0.2) is 31.3 Å². The number of primary amides is 1. The maximum atomic E-state index is 12.5. The molecule has 3 N–H and O–H groups in total. The summed E-state index contributed by atoms with van der Waals surface area (Å²) >= 11 is 0. The molecule has 9 heteroatoms. The maximum Gasteiger partial charge on any atom is 0.340 e. The zero-order valence-corrected chi connectivity index (χ0v) is 17.9. The van der Waals surface area contributed by atoms with E-state index in [0.717, 1.165) is 10.2 Å². The Kier molecular flexibility index (Phi) is 5.65. The van der Waals surface area contributed by atoms with Gasteiger partial charge in [0.1, 0.15) is 5.75 Å². The number of anilines is 1. The Morgan fingerprint density at radius 2 is 1.56 bits per heavy atom. The van der Waals surface area contributed by atoms with Crippen LogP contribution in [0.3, 0.4) is 0 Å². The number of hydrogen-bond donors (Lipinski definition) is 2. The average Bonchev–Trinajstić information content (AvgIpc) is 3.26. The highest BCUT2D eigenvalue weighted by atomic mass is 32.2. The van der Waals surface area contributed by atoms with E-state index in [1.54, 1.807) is 79.9 Å². The Balaban J connectivity index is 1.62. The lowest BCUT2D eigenvalue weighted by atomic mass is 10.1. The molecule has 0 saturated carbocycles. The highest BCUT2D eigenvalue weighted by Gasteiger charge is 2.16. The molecular formula is C23H20N4O4S. The first-order chi connectivity index (χ1) is 15.4. The minimum Gasteiger partial charge on any atom is -0.497 e. The van der Waals surface area contributed by atoms with Crippen molar-refractivity contribution in [2.75, 3.05) is 11.8 Å². The van der Waals surface area contributed by atoms with Gasteiger partial charge in [-0.25, -0.2) is 13.2 Å². The van der Waals surface area contributed by atoms with Gasteiger partial charge < -0.3 is 10.5 Å². The van der Waals surface area contributed by atoms with Crippen molar-refractivity contribution in [2.45, 2.75) is 4.90 Å². The van der Waals surface area contributed by atoms with E-state index in [0.29, 0.717) is 28.4 Å². The molecule has 1 heterocycles. The first-order valence-corrected chi connectivity index (χ1v) is 11.1. The summed E-state index contributed by atoms with van der Waals surface area (Å²) in [6.45, 7) is 0. The van der Waals surface area contributed by atoms with E-state index >= 15 is 0 Å². The number of ether oxygens (including phenoxy) is 1. The standard InChI is InChI=1S/C23H20N4O4S/c1-31-19-13-9-17(10-14-19)22-15-21(25-27(22)23(24)28)16-7-11-18(12-8-16)26-32(29,30)20-5-3-2-4-6-20/h2-15,26H,1H3,(H2,24,28). The van der Waals surface area contributed by atoms with Crippen LogP contribution in [0.15, 0.2) is 89.8 Å². The van der Waals surface area contributed by atoms with Crippen LogP contribution in [-0.2, 0) is 10.0 Å². The lowest BCUT2D eigenvalue weighted by Crippen LogP contribution is -2.21. The number of carbonyl (C=O) groups is 1. The van der Waals surface area contributed by atoms with E-state index < -0.39 is 16.1 Å². The summed E-state index contributed by atoms with van der Waals surface area (Å²) in [7, 11) is -2.11. The molecule has 1 aromatic heterocycles. The fourth-order valence-corrected chi connectivity index (χ4v) is 4.26. The Morgan fingerprint density at radius 3 is 2.16 bits per heavy atom. The lowest BCUT2D eigenvalue weighted by Gasteiger charge is -2.08. The van der Waals surface area contributed by atoms with Gasteiger partial charge in [0, 0.05) is 16.8 Å². The molecule has 0 fully saturated rings. The number of nitrogens with two attached hydrogens (primary N) is 1. The summed E-state index contributed by atoms with van der Waals surface area (Å²) in [5.74, 6) is 0.688. The monoisotopic (exact) mass is 448 g/mol. The van der Waals surface area contributed by atoms with Crippen molar-refractivity contribution in [3.8, 4) is 28.3 Å². The number of benzene rings is 3. The van der Waals surface area contributed by atoms with Crippen LogP contribution in [0, 0.1) is 0 Å². The first kappa shape index (κ1) is 21.1. The minimum atomic E-state index is -3.69. The van der Waals surface area contributed by atoms with Crippen molar-refractivity contribution < 1.29 is 17.9 Å². The van der Waals surface area contributed by atoms with Crippen molar-refractivity contribution in [1.29, 1.82) is 0 Å². The van der Waals surface area contributed by atoms with Crippen LogP contribution in [0.1, 0.15) is 0 Å². The number of sulfonamides is 1. The van der Waals surface area contributed by atoms with E-state index in [1.807, 2.05) is 0 Å². The second-order valence-corrected chi connectivity index (χ2v) is 8.57. The van der Waals surface area contributed by atoms with Gasteiger partial charge in [0.15, 0.2) is 0 Å². The van der Waals surface area contributed by atoms with Gasteiger partial charge in [0.25, 0.3) is 10.0 Å². The molecule has 0 aliphatic carbocycles. The van der Waals surface area contributed by atoms with Crippen molar-refractivity contribution in [1.82, 2.24) is 9.78 Å². The van der Waals surface area contributed by atoms with Crippen LogP contribution in [0.5, 0.6) is 5.75 Å². The molecule has 0 spiro atoms. The zero-order valence-electron chi connectivity index (χ0n) is 17.1. The molecule has 0 radical (unpaired) electrons. The van der Waals surface area contributed by atoms with Gasteiger partial charge in [0.2, 0.25) is 0 Å². The van der Waals surface area contributed by atoms with Crippen LogP contribution in [0.2, 0.25) is 0 Å². The van der Waals surface area contributed by atoms with E-state index in [-0.39, 0.29) is 4.90 Å². The summed E-state index contributed by atoms with van der Waals surface area (Å²) in [6.07, 6.45) is 0. The average molecular weight is 449 g/mol. The smallest absolute Gasteiger partial charge is 0.340 e. The number of nitrogens with one attached hydrogen (secondary N) is 1. The summed E-state index contributed by atoms with van der Waals surface area (Å²) in [4.78, 5) is 12.1. The number of nitrogens with zero attached hydrogens (tertiary/aromatic N) is 2. The molecule has 0 aliphatic rings. The van der Waals surface area contributed by atoms with Crippen molar-refractivity contribution in [2.24, 2.45) is 5.73 Å². The Morgan fingerprint density at radius 1 is 0.938 bits per heavy atom. The van der Waals surface area contributed by atoms with E-state index in [2.05, 4.69) is 9.82 Å². The fourth-order valence-electron chi connectivity index (χ4n) is 3.18. The van der Waals surface area contributed by atoms with E-state index in [9.17, 15) is 13.2 Å². The summed E-state index contributed by atoms with van der Waals surface area (Å²) < 4.78 is 33.8. The number of rotatable bonds is 6. The number of aromatic nitrogens is 2. The third-order valence-corrected chi connectivity index (χ3v) is 6.19. The molecule has 4 rings (SSSR count). The molecule has 0 bridgehead atoms. The van der Waals surface area contributed by atoms with Crippen LogP contribution >= 0.6 is 0 Å². The van der Waals surface area contributed by atoms with Gasteiger partial charge in [-0.3, -0.25) is 4.72 Å². The molecule has 162 valence electrons. The second-order valence-electron chi connectivity index (χ2n) is 6.89. The molecular weight excluding hydrogens is 428 g/mol. The molecule has 4 aromatic rings. The summed E-state index contributed by atoms with van der Waals surface area (Å²) in [5, 5.41) is 4.32. The van der Waals surface area contributed by atoms with Gasteiger partial charge in [-0.05, 0) is 54.6 Å². The summed E-state index contributed by atoms with van der Waals surface area (Å²) in [6, 6.07) is 23.0. The number of amides is 1. The minimum absolute atomic E-state index is 0.174. The van der Waals surface area contributed by atoms with Crippen molar-refractivity contribution >= 4 is 21.7 Å². The third kappa shape index (κ3) is 4.33. The topological polar surface area (TPSA) is 116 Å². The van der Waals surface area contributed by atoms with Gasteiger partial charge in [-0.2, -0.15) is 9.78 Å². The van der Waals surface area contributed by atoms with Crippen LogP contribution in [0.25, 0.3) is 22.5 Å². The Hall–Kier alpha value is -4.11. The predicted molar refractivity (Wildman–Crippen MR) is 122 cm³/mol. The largest absolute Gasteiger partial charge is 0.497 e. The molecule has 1 amide bonds. The highest BCUT2D eigenvalue weighted by Crippen LogP contribution is 2.28. The molecule has 3 aromatic carbocycles.